The van der Waals surface area contributed by atoms with Crippen molar-refractivity contribution in [1.82, 2.24) is 19.9 Å². The summed E-state index contributed by atoms with van der Waals surface area (Å²) >= 11 is 0. The number of rotatable bonds is 7. The zero-order valence-electron chi connectivity index (χ0n) is 18.4. The molecule has 3 aromatic rings. The standard InChI is InChI=1S/C23H24N4O6/c1-31-19-11-15-7-9-26(13-16(15)12-20(19)32-2)21(28)14-33-22(29)8-10-27-23(30)17-5-3-4-6-18(17)24-25-27/h3-6,11-12H,7-10,13-14H2,1-2H3. The van der Waals surface area contributed by atoms with Crippen LogP contribution in [0.25, 0.3) is 10.9 Å². The van der Waals surface area contributed by atoms with E-state index in [0.717, 1.165) is 15.8 Å². The summed E-state index contributed by atoms with van der Waals surface area (Å²) in [6.45, 7) is 0.567. The van der Waals surface area contributed by atoms with E-state index in [9.17, 15) is 14.4 Å². The summed E-state index contributed by atoms with van der Waals surface area (Å²) in [7, 11) is 3.15. The molecule has 172 valence electrons. The minimum atomic E-state index is -0.589. The van der Waals surface area contributed by atoms with Crippen LogP contribution in [0.15, 0.2) is 41.2 Å². The first-order chi connectivity index (χ1) is 16.0. The Morgan fingerprint density at radius 3 is 2.55 bits per heavy atom. The molecule has 0 atom stereocenters. The molecule has 1 aliphatic heterocycles. The van der Waals surface area contributed by atoms with Gasteiger partial charge in [0.25, 0.3) is 11.5 Å². The molecule has 0 bridgehead atoms. The molecule has 0 spiro atoms. The molecule has 10 heteroatoms. The number of amides is 1. The minimum absolute atomic E-state index is 0.0163. The fraction of sp³-hybridized carbons (Fsp3) is 0.348. The summed E-state index contributed by atoms with van der Waals surface area (Å²) in [6, 6.07) is 10.6. The van der Waals surface area contributed by atoms with E-state index < -0.39 is 5.97 Å². The maximum absolute atomic E-state index is 12.6. The Balaban J connectivity index is 1.31. The lowest BCUT2D eigenvalue weighted by Crippen LogP contribution is -2.38. The predicted octanol–water partition coefficient (Wildman–Crippen LogP) is 1.33. The van der Waals surface area contributed by atoms with Gasteiger partial charge in [0.15, 0.2) is 18.1 Å². The molecule has 0 unspecified atom stereocenters. The lowest BCUT2D eigenvalue weighted by Gasteiger charge is -2.29. The van der Waals surface area contributed by atoms with Gasteiger partial charge in [-0.1, -0.05) is 17.3 Å². The fourth-order valence-electron chi connectivity index (χ4n) is 3.77. The van der Waals surface area contributed by atoms with Crippen molar-refractivity contribution >= 4 is 22.8 Å². The molecular formula is C23H24N4O6. The SMILES string of the molecule is COc1cc2c(cc1OC)CN(C(=O)COC(=O)CCn1nnc3ccccc3c1=O)CC2. The van der Waals surface area contributed by atoms with E-state index >= 15 is 0 Å². The van der Waals surface area contributed by atoms with Crippen LogP contribution >= 0.6 is 0 Å². The normalized spacial score (nSPS) is 12.8. The van der Waals surface area contributed by atoms with Crippen LogP contribution in [0.4, 0.5) is 0 Å². The van der Waals surface area contributed by atoms with Crippen molar-refractivity contribution in [3.8, 4) is 11.5 Å². The highest BCUT2D eigenvalue weighted by atomic mass is 16.5. The van der Waals surface area contributed by atoms with Gasteiger partial charge in [0, 0.05) is 13.1 Å². The highest BCUT2D eigenvalue weighted by Gasteiger charge is 2.23. The van der Waals surface area contributed by atoms with Gasteiger partial charge in [-0.15, -0.1) is 5.10 Å². The predicted molar refractivity (Wildman–Crippen MR) is 118 cm³/mol. The van der Waals surface area contributed by atoms with E-state index in [-0.39, 0.29) is 31.0 Å². The number of esters is 1. The summed E-state index contributed by atoms with van der Waals surface area (Å²) in [5.74, 6) is 0.379. The molecule has 1 aliphatic rings. The number of nitrogens with zero attached hydrogens (tertiary/aromatic N) is 4. The third kappa shape index (κ3) is 4.79. The molecule has 10 nitrogen and oxygen atoms in total. The minimum Gasteiger partial charge on any atom is -0.493 e. The number of fused-ring (bicyclic) bond motifs is 2. The van der Waals surface area contributed by atoms with E-state index in [1.807, 2.05) is 12.1 Å². The molecule has 0 radical (unpaired) electrons. The van der Waals surface area contributed by atoms with E-state index in [1.54, 1.807) is 43.4 Å². The average Bonchev–Trinajstić information content (AvgIpc) is 2.85. The lowest BCUT2D eigenvalue weighted by molar-refractivity contribution is -0.152. The number of hydrogen-bond donors (Lipinski definition) is 0. The third-order valence-corrected chi connectivity index (χ3v) is 5.58. The van der Waals surface area contributed by atoms with Crippen molar-refractivity contribution in [2.75, 3.05) is 27.4 Å². The topological polar surface area (TPSA) is 113 Å². The number of benzene rings is 2. The Labute approximate surface area is 189 Å². The molecule has 0 saturated heterocycles. The second-order valence-corrected chi connectivity index (χ2v) is 7.59. The zero-order chi connectivity index (χ0) is 23.4. The second kappa shape index (κ2) is 9.68. The largest absolute Gasteiger partial charge is 0.493 e. The molecule has 0 N–H and O–H groups in total. The Morgan fingerprint density at radius 2 is 1.79 bits per heavy atom. The molecule has 0 saturated carbocycles. The summed E-state index contributed by atoms with van der Waals surface area (Å²) < 4.78 is 16.9. The molecule has 4 rings (SSSR count). The van der Waals surface area contributed by atoms with Gasteiger partial charge in [0.05, 0.1) is 32.6 Å². The fourth-order valence-corrected chi connectivity index (χ4v) is 3.77. The number of aryl methyl sites for hydroxylation is 1. The van der Waals surface area contributed by atoms with Gasteiger partial charge in [-0.2, -0.15) is 0 Å². The van der Waals surface area contributed by atoms with Crippen molar-refractivity contribution < 1.29 is 23.8 Å². The summed E-state index contributed by atoms with van der Waals surface area (Å²) in [6.07, 6.45) is 0.568. The number of aromatic nitrogens is 3. The summed E-state index contributed by atoms with van der Waals surface area (Å²) in [5, 5.41) is 8.25. The number of carbonyl (C=O) groups excluding carboxylic acids is 2. The molecule has 1 amide bonds. The Hall–Kier alpha value is -3.95. The summed E-state index contributed by atoms with van der Waals surface area (Å²) in [5.41, 5.74) is 2.22. The van der Waals surface area contributed by atoms with E-state index in [0.29, 0.717) is 41.9 Å². The zero-order valence-corrected chi connectivity index (χ0v) is 18.4. The van der Waals surface area contributed by atoms with Gasteiger partial charge in [-0.25, -0.2) is 4.68 Å². The van der Waals surface area contributed by atoms with E-state index in [4.69, 9.17) is 14.2 Å². The van der Waals surface area contributed by atoms with E-state index in [1.165, 1.54) is 0 Å². The van der Waals surface area contributed by atoms with Crippen molar-refractivity contribution in [2.45, 2.75) is 25.9 Å². The van der Waals surface area contributed by atoms with Crippen molar-refractivity contribution in [1.29, 1.82) is 0 Å². The van der Waals surface area contributed by atoms with Gasteiger partial charge in [0.2, 0.25) is 0 Å². The van der Waals surface area contributed by atoms with Crippen LogP contribution in [0.2, 0.25) is 0 Å². The second-order valence-electron chi connectivity index (χ2n) is 7.59. The van der Waals surface area contributed by atoms with Crippen molar-refractivity contribution in [3.05, 3.63) is 57.9 Å². The molecule has 33 heavy (non-hydrogen) atoms. The molecular weight excluding hydrogens is 428 g/mol. The number of carbonyl (C=O) groups is 2. The smallest absolute Gasteiger partial charge is 0.308 e. The van der Waals surface area contributed by atoms with Crippen LogP contribution in [0, 0.1) is 0 Å². The van der Waals surface area contributed by atoms with Crippen LogP contribution in [-0.2, 0) is 33.8 Å². The van der Waals surface area contributed by atoms with Gasteiger partial charge < -0.3 is 19.1 Å². The Kier molecular flexibility index (Phi) is 6.53. The van der Waals surface area contributed by atoms with Gasteiger partial charge in [-0.05, 0) is 41.8 Å². The van der Waals surface area contributed by atoms with E-state index in [2.05, 4.69) is 10.3 Å². The number of hydrogen-bond acceptors (Lipinski definition) is 8. The first kappa shape index (κ1) is 22.3. The van der Waals surface area contributed by atoms with Gasteiger partial charge in [0.1, 0.15) is 5.52 Å². The van der Waals surface area contributed by atoms with Gasteiger partial charge in [-0.3, -0.25) is 14.4 Å². The van der Waals surface area contributed by atoms with Crippen LogP contribution < -0.4 is 15.0 Å². The first-order valence-corrected chi connectivity index (χ1v) is 10.5. The third-order valence-electron chi connectivity index (χ3n) is 5.58. The maximum Gasteiger partial charge on any atom is 0.308 e. The number of methoxy groups -OCH3 is 2. The van der Waals surface area contributed by atoms with Crippen LogP contribution in [-0.4, -0.2) is 59.1 Å². The quantitative estimate of drug-likeness (QED) is 0.494. The Bertz CT molecular complexity index is 1260. The highest BCUT2D eigenvalue weighted by Crippen LogP contribution is 2.33. The molecule has 0 aliphatic carbocycles. The monoisotopic (exact) mass is 452 g/mol. The molecule has 0 fully saturated rings. The van der Waals surface area contributed by atoms with Crippen LogP contribution in [0.3, 0.4) is 0 Å². The van der Waals surface area contributed by atoms with Crippen LogP contribution in [0.1, 0.15) is 17.5 Å². The molecule has 2 aromatic carbocycles. The highest BCUT2D eigenvalue weighted by molar-refractivity contribution is 5.81. The maximum atomic E-state index is 12.6. The molecule has 1 aromatic heterocycles. The average molecular weight is 452 g/mol. The van der Waals surface area contributed by atoms with Gasteiger partial charge >= 0.3 is 5.97 Å². The van der Waals surface area contributed by atoms with Crippen LogP contribution in [0.5, 0.6) is 11.5 Å². The van der Waals surface area contributed by atoms with Crippen molar-refractivity contribution in [3.63, 3.8) is 0 Å². The van der Waals surface area contributed by atoms with Crippen molar-refractivity contribution in [2.24, 2.45) is 0 Å². The Morgan fingerprint density at radius 1 is 1.06 bits per heavy atom. The lowest BCUT2D eigenvalue weighted by atomic mass is 9.99. The summed E-state index contributed by atoms with van der Waals surface area (Å²) in [4.78, 5) is 38.8. The first-order valence-electron chi connectivity index (χ1n) is 10.5. The number of ether oxygens (including phenoxy) is 3. The molecule has 2 heterocycles.